The zero-order valence-electron chi connectivity index (χ0n) is 11.8. The van der Waals surface area contributed by atoms with Crippen molar-refractivity contribution in [1.29, 1.82) is 0 Å². The fourth-order valence-corrected chi connectivity index (χ4v) is 2.38. The van der Waals surface area contributed by atoms with E-state index in [0.717, 1.165) is 37.8 Å². The molecule has 1 aliphatic carbocycles. The molecule has 1 aromatic carbocycles. The molecule has 116 valence electrons. The van der Waals surface area contributed by atoms with Gasteiger partial charge in [-0.1, -0.05) is 0 Å². The molecule has 3 N–H and O–H groups in total. The fraction of sp³-hybridized carbons (Fsp3) is 0.533. The van der Waals surface area contributed by atoms with Crippen LogP contribution in [0, 0.1) is 11.6 Å². The summed E-state index contributed by atoms with van der Waals surface area (Å²) in [6.07, 6.45) is 4.01. The van der Waals surface area contributed by atoms with Crippen LogP contribution in [0.2, 0.25) is 0 Å². The second kappa shape index (κ2) is 7.47. The van der Waals surface area contributed by atoms with Crippen LogP contribution in [0.1, 0.15) is 36.0 Å². The lowest BCUT2D eigenvalue weighted by molar-refractivity contribution is 0.0267. The molecule has 0 atom stereocenters. The van der Waals surface area contributed by atoms with Crippen molar-refractivity contribution in [3.05, 3.63) is 35.4 Å². The number of carbonyl (C=O) groups excluding carboxylic acids is 1. The molecule has 1 fully saturated rings. The van der Waals surface area contributed by atoms with E-state index in [1.54, 1.807) is 0 Å². The van der Waals surface area contributed by atoms with Crippen molar-refractivity contribution in [2.75, 3.05) is 13.2 Å². The van der Waals surface area contributed by atoms with Gasteiger partial charge in [0, 0.05) is 18.2 Å². The quantitative estimate of drug-likeness (QED) is 0.817. The van der Waals surface area contributed by atoms with Gasteiger partial charge in [-0.3, -0.25) is 4.79 Å². The van der Waals surface area contributed by atoms with E-state index in [4.69, 9.17) is 10.5 Å². The van der Waals surface area contributed by atoms with E-state index < -0.39 is 17.5 Å². The Labute approximate surface area is 122 Å². The van der Waals surface area contributed by atoms with E-state index in [9.17, 15) is 13.6 Å². The molecule has 1 amide bonds. The van der Waals surface area contributed by atoms with Gasteiger partial charge in [0.1, 0.15) is 0 Å². The molecule has 0 saturated heterocycles. The number of rotatable bonds is 5. The number of nitrogens with one attached hydrogen (secondary N) is 1. The first-order chi connectivity index (χ1) is 10.1. The van der Waals surface area contributed by atoms with Crippen molar-refractivity contribution >= 4 is 5.91 Å². The number of hydrogen-bond acceptors (Lipinski definition) is 3. The normalized spacial score (nSPS) is 22.0. The number of carbonyl (C=O) groups is 1. The van der Waals surface area contributed by atoms with Crippen molar-refractivity contribution in [2.24, 2.45) is 5.73 Å². The number of ether oxygens (including phenoxy) is 1. The molecular formula is C15H20F2N2O2. The van der Waals surface area contributed by atoms with E-state index in [2.05, 4.69) is 5.32 Å². The SMILES string of the molecule is NC1CCC(OCCNC(=O)c2ccc(F)c(F)c2)CC1. The predicted molar refractivity (Wildman–Crippen MR) is 74.9 cm³/mol. The van der Waals surface area contributed by atoms with Crippen molar-refractivity contribution in [2.45, 2.75) is 37.8 Å². The van der Waals surface area contributed by atoms with Gasteiger partial charge in [0.15, 0.2) is 11.6 Å². The zero-order valence-corrected chi connectivity index (χ0v) is 11.8. The van der Waals surface area contributed by atoms with Crippen molar-refractivity contribution < 1.29 is 18.3 Å². The Morgan fingerprint density at radius 1 is 1.24 bits per heavy atom. The largest absolute Gasteiger partial charge is 0.376 e. The second-order valence-corrected chi connectivity index (χ2v) is 5.29. The average molecular weight is 298 g/mol. The van der Waals surface area contributed by atoms with Gasteiger partial charge >= 0.3 is 0 Å². The van der Waals surface area contributed by atoms with Gasteiger partial charge in [0.25, 0.3) is 5.91 Å². The number of hydrogen-bond donors (Lipinski definition) is 2. The molecule has 0 spiro atoms. The highest BCUT2D eigenvalue weighted by molar-refractivity contribution is 5.94. The van der Waals surface area contributed by atoms with Gasteiger partial charge in [-0.25, -0.2) is 8.78 Å². The number of benzene rings is 1. The number of halogens is 2. The van der Waals surface area contributed by atoms with E-state index in [0.29, 0.717) is 13.2 Å². The molecule has 0 aromatic heterocycles. The van der Waals surface area contributed by atoms with Crippen LogP contribution in [0.3, 0.4) is 0 Å². The second-order valence-electron chi connectivity index (χ2n) is 5.29. The van der Waals surface area contributed by atoms with E-state index in [1.807, 2.05) is 0 Å². The van der Waals surface area contributed by atoms with Gasteiger partial charge in [0.05, 0.1) is 12.7 Å². The fourth-order valence-electron chi connectivity index (χ4n) is 2.38. The minimum absolute atomic E-state index is 0.0949. The Balaban J connectivity index is 1.68. The molecular weight excluding hydrogens is 278 g/mol. The summed E-state index contributed by atoms with van der Waals surface area (Å²) in [5.74, 6) is -2.44. The maximum Gasteiger partial charge on any atom is 0.251 e. The Morgan fingerprint density at radius 2 is 1.95 bits per heavy atom. The standard InChI is InChI=1S/C15H20F2N2O2/c16-13-6-1-10(9-14(13)17)15(20)19-7-8-21-12-4-2-11(18)3-5-12/h1,6,9,11-12H,2-5,7-8,18H2,(H,19,20). The molecule has 1 aliphatic rings. The van der Waals surface area contributed by atoms with Crippen LogP contribution in [-0.4, -0.2) is 31.2 Å². The van der Waals surface area contributed by atoms with Gasteiger partial charge in [-0.2, -0.15) is 0 Å². The monoisotopic (exact) mass is 298 g/mol. The molecule has 0 heterocycles. The molecule has 0 aliphatic heterocycles. The Kier molecular flexibility index (Phi) is 5.64. The summed E-state index contributed by atoms with van der Waals surface area (Å²) < 4.78 is 31.4. The average Bonchev–Trinajstić information content (AvgIpc) is 2.48. The summed E-state index contributed by atoms with van der Waals surface area (Å²) in [5.41, 5.74) is 5.90. The van der Waals surface area contributed by atoms with Crippen LogP contribution >= 0.6 is 0 Å². The topological polar surface area (TPSA) is 64.3 Å². The molecule has 0 bridgehead atoms. The summed E-state index contributed by atoms with van der Waals surface area (Å²) in [5, 5.41) is 2.62. The highest BCUT2D eigenvalue weighted by atomic mass is 19.2. The Morgan fingerprint density at radius 3 is 2.62 bits per heavy atom. The number of amides is 1. The maximum absolute atomic E-state index is 13.0. The van der Waals surface area contributed by atoms with Crippen LogP contribution in [-0.2, 0) is 4.74 Å². The van der Waals surface area contributed by atoms with E-state index in [1.165, 1.54) is 6.07 Å². The van der Waals surface area contributed by atoms with Crippen LogP contribution in [0.5, 0.6) is 0 Å². The lowest BCUT2D eigenvalue weighted by Gasteiger charge is -2.26. The summed E-state index contributed by atoms with van der Waals surface area (Å²) in [6.45, 7) is 0.732. The summed E-state index contributed by atoms with van der Waals surface area (Å²) >= 11 is 0. The molecule has 0 radical (unpaired) electrons. The first-order valence-corrected chi connectivity index (χ1v) is 7.16. The maximum atomic E-state index is 13.0. The minimum Gasteiger partial charge on any atom is -0.376 e. The van der Waals surface area contributed by atoms with E-state index >= 15 is 0 Å². The molecule has 1 saturated carbocycles. The molecule has 4 nitrogen and oxygen atoms in total. The summed E-state index contributed by atoms with van der Waals surface area (Å²) in [4.78, 5) is 11.7. The van der Waals surface area contributed by atoms with Crippen molar-refractivity contribution in [3.8, 4) is 0 Å². The molecule has 0 unspecified atom stereocenters. The van der Waals surface area contributed by atoms with Gasteiger partial charge in [-0.05, 0) is 43.9 Å². The number of nitrogens with two attached hydrogens (primary N) is 1. The van der Waals surface area contributed by atoms with Gasteiger partial charge < -0.3 is 15.8 Å². The third-order valence-corrected chi connectivity index (χ3v) is 3.64. The van der Waals surface area contributed by atoms with Crippen LogP contribution in [0.4, 0.5) is 8.78 Å². The first-order valence-electron chi connectivity index (χ1n) is 7.16. The van der Waals surface area contributed by atoms with Crippen LogP contribution in [0.15, 0.2) is 18.2 Å². The smallest absolute Gasteiger partial charge is 0.251 e. The van der Waals surface area contributed by atoms with Crippen LogP contribution in [0.25, 0.3) is 0 Å². The highest BCUT2D eigenvalue weighted by Gasteiger charge is 2.18. The van der Waals surface area contributed by atoms with Crippen molar-refractivity contribution in [3.63, 3.8) is 0 Å². The molecule has 6 heteroatoms. The Bertz CT molecular complexity index is 489. The van der Waals surface area contributed by atoms with Crippen LogP contribution < -0.4 is 11.1 Å². The summed E-state index contributed by atoms with van der Waals surface area (Å²) in [7, 11) is 0. The van der Waals surface area contributed by atoms with Crippen molar-refractivity contribution in [1.82, 2.24) is 5.32 Å². The highest BCUT2D eigenvalue weighted by Crippen LogP contribution is 2.19. The Hall–Kier alpha value is -1.53. The summed E-state index contributed by atoms with van der Waals surface area (Å²) in [6, 6.07) is 3.34. The zero-order chi connectivity index (χ0) is 15.2. The minimum atomic E-state index is -1.03. The lowest BCUT2D eigenvalue weighted by Crippen LogP contribution is -2.33. The third-order valence-electron chi connectivity index (χ3n) is 3.64. The first kappa shape index (κ1) is 15.9. The molecule has 1 aromatic rings. The predicted octanol–water partition coefficient (Wildman–Crippen LogP) is 1.98. The third kappa shape index (κ3) is 4.75. The van der Waals surface area contributed by atoms with E-state index in [-0.39, 0.29) is 17.7 Å². The van der Waals surface area contributed by atoms with Gasteiger partial charge in [-0.15, -0.1) is 0 Å². The van der Waals surface area contributed by atoms with Gasteiger partial charge in [0.2, 0.25) is 0 Å². The molecule has 21 heavy (non-hydrogen) atoms. The molecule has 2 rings (SSSR count). The lowest BCUT2D eigenvalue weighted by atomic mass is 9.94.